The fourth-order valence-corrected chi connectivity index (χ4v) is 9.10. The van der Waals surface area contributed by atoms with Crippen LogP contribution in [0.5, 0.6) is 0 Å². The fraction of sp³-hybridized carbons (Fsp3) is 0.0400. The number of rotatable bonds is 4. The van der Waals surface area contributed by atoms with Crippen LogP contribution in [0.3, 0.4) is 0 Å². The van der Waals surface area contributed by atoms with Crippen molar-refractivity contribution in [2.45, 2.75) is 13.8 Å². The first-order valence-electron chi connectivity index (χ1n) is 18.6. The van der Waals surface area contributed by atoms with E-state index < -0.39 is 0 Å². The fourth-order valence-electron chi connectivity index (χ4n) is 9.10. The molecule has 4 aromatic heterocycles. The molecular weight excluding hydrogens is 671 g/mol. The third-order valence-electron chi connectivity index (χ3n) is 11.5. The average Bonchev–Trinajstić information content (AvgIpc) is 3.87. The predicted octanol–water partition coefficient (Wildman–Crippen LogP) is 12.5. The van der Waals surface area contributed by atoms with Crippen LogP contribution in [-0.4, -0.2) is 18.7 Å². The van der Waals surface area contributed by atoms with Crippen molar-refractivity contribution in [1.29, 1.82) is 5.26 Å². The molecule has 4 heterocycles. The highest BCUT2D eigenvalue weighted by Crippen LogP contribution is 2.43. The summed E-state index contributed by atoms with van der Waals surface area (Å²) >= 11 is 0. The Morgan fingerprint density at radius 3 is 1.42 bits per heavy atom. The van der Waals surface area contributed by atoms with E-state index in [-0.39, 0.29) is 0 Å². The van der Waals surface area contributed by atoms with Gasteiger partial charge in [-0.25, -0.2) is 0 Å². The Morgan fingerprint density at radius 2 is 0.891 bits per heavy atom. The number of hydrogen-bond donors (Lipinski definition) is 0. The van der Waals surface area contributed by atoms with Crippen LogP contribution in [-0.2, 0) is 0 Å². The van der Waals surface area contributed by atoms with E-state index in [1.807, 2.05) is 24.4 Å². The lowest BCUT2D eigenvalue weighted by Gasteiger charge is -2.22. The maximum atomic E-state index is 9.84. The van der Waals surface area contributed by atoms with Crippen molar-refractivity contribution in [2.75, 3.05) is 0 Å². The number of benzene rings is 7. The highest BCUT2D eigenvalue weighted by Gasteiger charge is 2.23. The van der Waals surface area contributed by atoms with Gasteiger partial charge in [0.1, 0.15) is 0 Å². The quantitative estimate of drug-likeness (QED) is 0.183. The second-order valence-corrected chi connectivity index (χ2v) is 14.4. The molecule has 0 saturated carbocycles. The van der Waals surface area contributed by atoms with Crippen molar-refractivity contribution >= 4 is 65.4 Å². The number of fused-ring (bicyclic) bond motifs is 9. The lowest BCUT2D eigenvalue weighted by atomic mass is 9.95. The summed E-state index contributed by atoms with van der Waals surface area (Å²) in [5.74, 6) is 0. The summed E-state index contributed by atoms with van der Waals surface area (Å²) in [6.45, 7) is 4.44. The van der Waals surface area contributed by atoms with E-state index in [1.165, 1.54) is 32.6 Å². The van der Waals surface area contributed by atoms with Gasteiger partial charge in [0.2, 0.25) is 0 Å². The molecule has 0 atom stereocenters. The molecule has 0 fully saturated rings. The normalized spacial score (nSPS) is 11.8. The van der Waals surface area contributed by atoms with Crippen LogP contribution in [0.2, 0.25) is 0 Å². The largest absolute Gasteiger partial charge is 0.309 e. The van der Waals surface area contributed by atoms with Gasteiger partial charge in [-0.2, -0.15) is 5.26 Å². The Morgan fingerprint density at radius 1 is 0.436 bits per heavy atom. The molecule has 5 nitrogen and oxygen atoms in total. The van der Waals surface area contributed by atoms with Gasteiger partial charge < -0.3 is 13.7 Å². The number of hydrogen-bond acceptors (Lipinski definition) is 2. The molecule has 0 spiro atoms. The lowest BCUT2D eigenvalue weighted by Crippen LogP contribution is -2.07. The average molecular weight is 704 g/mol. The van der Waals surface area contributed by atoms with E-state index in [9.17, 15) is 5.26 Å². The molecule has 11 rings (SSSR count). The van der Waals surface area contributed by atoms with E-state index in [1.54, 1.807) is 0 Å². The molecule has 0 aliphatic carbocycles. The van der Waals surface area contributed by atoms with Crippen molar-refractivity contribution in [2.24, 2.45) is 0 Å². The molecule has 0 bridgehead atoms. The third kappa shape index (κ3) is 4.43. The molecule has 0 aliphatic heterocycles. The van der Waals surface area contributed by atoms with Crippen molar-refractivity contribution in [3.8, 4) is 34.4 Å². The van der Waals surface area contributed by atoms with Gasteiger partial charge >= 0.3 is 0 Å². The van der Waals surface area contributed by atoms with Crippen molar-refractivity contribution in [3.05, 3.63) is 181 Å². The van der Waals surface area contributed by atoms with Gasteiger partial charge in [-0.3, -0.25) is 4.98 Å². The highest BCUT2D eigenvalue weighted by atomic mass is 15.0. The molecule has 55 heavy (non-hydrogen) atoms. The van der Waals surface area contributed by atoms with Gasteiger partial charge in [-0.1, -0.05) is 78.9 Å². The number of pyridine rings is 1. The summed E-state index contributed by atoms with van der Waals surface area (Å²) in [6, 6.07) is 58.4. The first-order valence-corrected chi connectivity index (χ1v) is 18.6. The molecule has 0 aliphatic rings. The van der Waals surface area contributed by atoms with Crippen LogP contribution in [0.4, 0.5) is 0 Å². The van der Waals surface area contributed by atoms with Crippen LogP contribution in [0.1, 0.15) is 16.7 Å². The summed E-state index contributed by atoms with van der Waals surface area (Å²) in [6.07, 6.45) is 1.88. The minimum absolute atomic E-state index is 0.649. The summed E-state index contributed by atoms with van der Waals surface area (Å²) in [4.78, 5) is 4.92. The molecule has 7 aromatic carbocycles. The third-order valence-corrected chi connectivity index (χ3v) is 11.5. The van der Waals surface area contributed by atoms with Crippen LogP contribution in [0.15, 0.2) is 164 Å². The summed E-state index contributed by atoms with van der Waals surface area (Å²) < 4.78 is 7.20. The smallest absolute Gasteiger partial charge is 0.0991 e. The molecule has 0 amide bonds. The molecule has 0 radical (unpaired) electrons. The minimum atomic E-state index is 0.649. The molecular formula is C50H33N5. The molecule has 5 heteroatoms. The number of nitrogens with zero attached hydrogens (tertiary/aromatic N) is 5. The Balaban J connectivity index is 1.24. The van der Waals surface area contributed by atoms with Gasteiger partial charge in [0.15, 0.2) is 0 Å². The van der Waals surface area contributed by atoms with Crippen LogP contribution < -0.4 is 0 Å². The zero-order valence-corrected chi connectivity index (χ0v) is 30.3. The molecule has 0 saturated heterocycles. The van der Waals surface area contributed by atoms with Crippen molar-refractivity contribution < 1.29 is 0 Å². The summed E-state index contributed by atoms with van der Waals surface area (Å²) in [7, 11) is 0. The van der Waals surface area contributed by atoms with E-state index in [0.29, 0.717) is 5.56 Å². The van der Waals surface area contributed by atoms with Gasteiger partial charge in [-0.15, -0.1) is 0 Å². The van der Waals surface area contributed by atoms with Crippen LogP contribution in [0, 0.1) is 25.2 Å². The Kier molecular flexibility index (Phi) is 6.68. The molecule has 0 unspecified atom stereocenters. The van der Waals surface area contributed by atoms with Gasteiger partial charge in [0.25, 0.3) is 0 Å². The molecule has 0 N–H and O–H groups in total. The second-order valence-electron chi connectivity index (χ2n) is 14.4. The van der Waals surface area contributed by atoms with Gasteiger partial charge in [-0.05, 0) is 104 Å². The topological polar surface area (TPSA) is 51.5 Å². The molecule has 11 aromatic rings. The predicted molar refractivity (Wildman–Crippen MR) is 227 cm³/mol. The Labute approximate surface area is 317 Å². The van der Waals surface area contributed by atoms with Crippen molar-refractivity contribution in [3.63, 3.8) is 0 Å². The van der Waals surface area contributed by atoms with Crippen LogP contribution in [0.25, 0.3) is 93.7 Å². The zero-order chi connectivity index (χ0) is 36.8. The van der Waals surface area contributed by atoms with E-state index in [4.69, 9.17) is 4.98 Å². The minimum Gasteiger partial charge on any atom is -0.309 e. The Hall–Kier alpha value is -7.42. The number of nitriles is 1. The molecule has 258 valence electrons. The van der Waals surface area contributed by atoms with Crippen molar-refractivity contribution in [1.82, 2.24) is 18.7 Å². The first-order chi connectivity index (χ1) is 27.1. The second kappa shape index (κ2) is 11.8. The van der Waals surface area contributed by atoms with E-state index in [2.05, 4.69) is 173 Å². The van der Waals surface area contributed by atoms with E-state index >= 15 is 0 Å². The Bertz CT molecular complexity index is 3350. The van der Waals surface area contributed by atoms with Crippen LogP contribution >= 0.6 is 0 Å². The summed E-state index contributed by atoms with van der Waals surface area (Å²) in [5, 5.41) is 16.9. The highest BCUT2D eigenvalue weighted by molar-refractivity contribution is 6.13. The van der Waals surface area contributed by atoms with Gasteiger partial charge in [0.05, 0.1) is 61.8 Å². The lowest BCUT2D eigenvalue weighted by molar-refractivity contribution is 1.09. The monoisotopic (exact) mass is 703 g/mol. The maximum Gasteiger partial charge on any atom is 0.0991 e. The number of para-hydroxylation sites is 4. The standard InChI is InChI=1S/C50H33N5/c1-31-48(54-44-20-9-5-15-37(44)39-27-33(30-51)22-24-46(39)54)29-49(32(2)50(31)41-17-11-12-26-52-41)55-45-21-10-6-16-38(45)40-28-34(23-25-47(40)55)53-42-18-7-3-13-35(42)36-14-4-8-19-43(36)53/h3-29H,1-2H3. The number of aromatic nitrogens is 4. The zero-order valence-electron chi connectivity index (χ0n) is 30.3. The van der Waals surface area contributed by atoms with E-state index in [0.717, 1.165) is 72.3 Å². The maximum absolute atomic E-state index is 9.84. The summed E-state index contributed by atoms with van der Waals surface area (Å²) in [5.41, 5.74) is 15.1. The first kappa shape index (κ1) is 31.1. The SMILES string of the molecule is Cc1c(-n2c3ccccc3c3cc(C#N)ccc32)cc(-n2c3ccccc3c3cc(-n4c5ccccc5c5ccccc54)ccc32)c(C)c1-c1ccccn1. The van der Waals surface area contributed by atoms with Gasteiger partial charge in [0, 0.05) is 49.8 Å².